The third-order valence-electron chi connectivity index (χ3n) is 7.41. The predicted molar refractivity (Wildman–Crippen MR) is 146 cm³/mol. The number of ether oxygens (including phenoxy) is 3. The fourth-order valence-corrected chi connectivity index (χ4v) is 7.02. The van der Waals surface area contributed by atoms with E-state index < -0.39 is 24.4 Å². The van der Waals surface area contributed by atoms with Crippen LogP contribution in [0.5, 0.6) is 0 Å². The summed E-state index contributed by atoms with van der Waals surface area (Å²) in [6.07, 6.45) is -2.84. The van der Waals surface area contributed by atoms with Gasteiger partial charge in [0.15, 0.2) is 10.3 Å². The molecule has 4 aliphatic rings. The van der Waals surface area contributed by atoms with Crippen LogP contribution in [0.25, 0.3) is 0 Å². The Morgan fingerprint density at radius 1 is 0.919 bits per heavy atom. The first-order valence-electron chi connectivity index (χ1n) is 12.8. The van der Waals surface area contributed by atoms with Gasteiger partial charge >= 0.3 is 5.97 Å². The molecule has 11 nitrogen and oxygen atoms in total. The zero-order valence-electron chi connectivity index (χ0n) is 22.7. The molecule has 2 saturated heterocycles. The van der Waals surface area contributed by atoms with Crippen molar-refractivity contribution >= 4 is 39.8 Å². The van der Waals surface area contributed by atoms with Gasteiger partial charge in [-0.25, -0.2) is 0 Å². The molecular weight excluding hydrogens is 520 g/mol. The summed E-state index contributed by atoms with van der Waals surface area (Å²) in [7, 11) is 3.96. The molecule has 4 aliphatic heterocycles. The Labute approximate surface area is 228 Å². The number of nitrogens with zero attached hydrogens (tertiary/aromatic N) is 4. The molecule has 37 heavy (non-hydrogen) atoms. The number of esters is 1. The minimum absolute atomic E-state index is 0.0378. The third kappa shape index (κ3) is 6.92. The Hall–Kier alpha value is -1.09. The maximum absolute atomic E-state index is 11.0. The van der Waals surface area contributed by atoms with Crippen LogP contribution in [0.2, 0.25) is 0 Å². The van der Waals surface area contributed by atoms with Crippen LogP contribution in [0, 0.1) is 11.8 Å². The molecule has 0 bridgehead atoms. The smallest absolute Gasteiger partial charge is 0.302 e. The number of rotatable bonds is 5. The van der Waals surface area contributed by atoms with Crippen LogP contribution >= 0.6 is 23.5 Å². The molecule has 212 valence electrons. The third-order valence-corrected chi connectivity index (χ3v) is 9.91. The van der Waals surface area contributed by atoms with Gasteiger partial charge in [0, 0.05) is 34.1 Å². The van der Waals surface area contributed by atoms with Crippen molar-refractivity contribution in [3.63, 3.8) is 0 Å². The summed E-state index contributed by atoms with van der Waals surface area (Å²) in [5, 5.41) is 30.6. The van der Waals surface area contributed by atoms with Crippen molar-refractivity contribution in [2.45, 2.75) is 82.0 Å². The topological polar surface area (TPSA) is 137 Å². The van der Waals surface area contributed by atoms with Crippen LogP contribution in [0.1, 0.15) is 34.6 Å². The van der Waals surface area contributed by atoms with Gasteiger partial charge in [0.2, 0.25) is 0 Å². The largest absolute Gasteiger partial charge is 0.463 e. The molecular formula is C24H42N4O7S2. The summed E-state index contributed by atoms with van der Waals surface area (Å²) in [4.78, 5) is 24.3. The number of hydrogen-bond acceptors (Lipinski definition) is 13. The minimum Gasteiger partial charge on any atom is -0.463 e. The van der Waals surface area contributed by atoms with E-state index in [2.05, 4.69) is 30.7 Å². The zero-order valence-corrected chi connectivity index (χ0v) is 24.3. The van der Waals surface area contributed by atoms with E-state index in [1.54, 1.807) is 11.8 Å². The Kier molecular flexibility index (Phi) is 11.0. The van der Waals surface area contributed by atoms with Crippen molar-refractivity contribution in [3.8, 4) is 0 Å². The number of carbonyl (C=O) groups excluding carboxylic acids is 1. The van der Waals surface area contributed by atoms with Crippen LogP contribution in [0.4, 0.5) is 0 Å². The fourth-order valence-electron chi connectivity index (χ4n) is 4.41. The van der Waals surface area contributed by atoms with Crippen molar-refractivity contribution in [1.82, 2.24) is 9.80 Å². The molecule has 13 heteroatoms. The number of aliphatic hydroxyl groups excluding tert-OH is 3. The summed E-state index contributed by atoms with van der Waals surface area (Å²) < 4.78 is 16.8. The summed E-state index contributed by atoms with van der Waals surface area (Å²) in [6, 6.07) is -0.255. The van der Waals surface area contributed by atoms with Crippen molar-refractivity contribution in [2.24, 2.45) is 21.8 Å². The van der Waals surface area contributed by atoms with Crippen molar-refractivity contribution in [3.05, 3.63) is 0 Å². The molecule has 4 heterocycles. The lowest BCUT2D eigenvalue weighted by Crippen LogP contribution is -2.55. The van der Waals surface area contributed by atoms with Gasteiger partial charge in [-0.05, 0) is 25.7 Å². The Bertz CT molecular complexity index is 850. The standard InChI is InChI=1S/C14H24N2O3S.C10H18N2O4S/c1-6-16(5)14-15-12-9(3)8(2)11(7-18-10(4)17)19-13(12)20-14;1-3-12(2)10-11-6-8(15)7(14)5(4-13)16-9(6)17-10/h8-9,11-13H,6-7H2,1-5H3;5-9,13-15H,3-4H2,1-2H3/t8-,9-,11+,12+,13+;5-,6-,7-,8-,9-/m01/s1. The van der Waals surface area contributed by atoms with Crippen molar-refractivity contribution < 1.29 is 34.3 Å². The molecule has 0 aromatic heterocycles. The van der Waals surface area contributed by atoms with Crippen LogP contribution in [0.3, 0.4) is 0 Å². The Balaban J connectivity index is 0.000000208. The lowest BCUT2D eigenvalue weighted by Gasteiger charge is -2.40. The molecule has 0 amide bonds. The molecule has 0 aromatic rings. The maximum atomic E-state index is 11.0. The van der Waals surface area contributed by atoms with E-state index >= 15 is 0 Å². The Morgan fingerprint density at radius 3 is 1.95 bits per heavy atom. The molecule has 2 fully saturated rings. The van der Waals surface area contributed by atoms with Crippen LogP contribution < -0.4 is 0 Å². The van der Waals surface area contributed by atoms with Gasteiger partial charge in [0.05, 0.1) is 18.8 Å². The number of amidine groups is 2. The molecule has 4 rings (SSSR count). The van der Waals surface area contributed by atoms with E-state index in [1.165, 1.54) is 18.7 Å². The number of hydrogen-bond donors (Lipinski definition) is 3. The highest BCUT2D eigenvalue weighted by Gasteiger charge is 2.48. The second-order valence-electron chi connectivity index (χ2n) is 9.84. The van der Waals surface area contributed by atoms with Gasteiger partial charge in [-0.1, -0.05) is 37.4 Å². The summed E-state index contributed by atoms with van der Waals surface area (Å²) in [5.74, 6) is 0.494. The normalized spacial score (nSPS) is 38.4. The quantitative estimate of drug-likeness (QED) is 0.411. The second-order valence-corrected chi connectivity index (χ2v) is 12.0. The molecule has 0 spiro atoms. The predicted octanol–water partition coefficient (Wildman–Crippen LogP) is 0.818. The lowest BCUT2D eigenvalue weighted by molar-refractivity contribution is -0.164. The molecule has 0 aliphatic carbocycles. The van der Waals surface area contributed by atoms with E-state index in [0.29, 0.717) is 18.4 Å². The van der Waals surface area contributed by atoms with Crippen LogP contribution in [0.15, 0.2) is 9.98 Å². The lowest BCUT2D eigenvalue weighted by atomic mass is 9.83. The number of aliphatic imine (C=N–C) groups is 2. The monoisotopic (exact) mass is 562 g/mol. The van der Waals surface area contributed by atoms with Gasteiger partial charge in [-0.3, -0.25) is 14.8 Å². The van der Waals surface area contributed by atoms with E-state index in [1.807, 2.05) is 25.9 Å². The first kappa shape index (κ1) is 30.5. The molecule has 0 saturated carbocycles. The Morgan fingerprint density at radius 2 is 1.43 bits per heavy atom. The highest BCUT2D eigenvalue weighted by atomic mass is 32.2. The minimum atomic E-state index is -1.09. The average molecular weight is 563 g/mol. The summed E-state index contributed by atoms with van der Waals surface area (Å²) in [5.41, 5.74) is -0.277. The second kappa shape index (κ2) is 13.3. The highest BCUT2D eigenvalue weighted by molar-refractivity contribution is 8.14. The SMILES string of the molecule is CCN(C)C1=N[C@@H]2[C@@H](C)[C@H](C)[C@@H](COC(C)=O)O[C@@H]2S1.CCN(C)C1=N[C@@H]2[C@@H](O)[C@H](O)[C@@H](CO)O[C@@H]2S1. The molecule has 3 N–H and O–H groups in total. The van der Waals surface area contributed by atoms with E-state index in [-0.39, 0.29) is 35.6 Å². The van der Waals surface area contributed by atoms with Gasteiger partial charge in [0.1, 0.15) is 41.8 Å². The van der Waals surface area contributed by atoms with Gasteiger partial charge < -0.3 is 39.3 Å². The van der Waals surface area contributed by atoms with Gasteiger partial charge in [0.25, 0.3) is 0 Å². The zero-order chi connectivity index (χ0) is 27.4. The van der Waals surface area contributed by atoms with Crippen molar-refractivity contribution in [1.29, 1.82) is 0 Å². The number of thioether (sulfide) groups is 2. The van der Waals surface area contributed by atoms with Gasteiger partial charge in [-0.2, -0.15) is 0 Å². The maximum Gasteiger partial charge on any atom is 0.302 e. The molecule has 0 unspecified atom stereocenters. The summed E-state index contributed by atoms with van der Waals surface area (Å²) in [6.45, 7) is 11.7. The highest BCUT2D eigenvalue weighted by Crippen LogP contribution is 2.42. The first-order valence-corrected chi connectivity index (χ1v) is 14.6. The molecule has 10 atom stereocenters. The van der Waals surface area contributed by atoms with E-state index in [9.17, 15) is 15.0 Å². The molecule has 0 aromatic carbocycles. The van der Waals surface area contributed by atoms with Crippen LogP contribution in [-0.2, 0) is 19.0 Å². The molecule has 0 radical (unpaired) electrons. The average Bonchev–Trinajstić information content (AvgIpc) is 3.51. The van der Waals surface area contributed by atoms with E-state index in [0.717, 1.165) is 23.4 Å². The van der Waals surface area contributed by atoms with Crippen LogP contribution in [-0.4, -0.2) is 129 Å². The van der Waals surface area contributed by atoms with Gasteiger partial charge in [-0.15, -0.1) is 0 Å². The van der Waals surface area contributed by atoms with Crippen molar-refractivity contribution in [2.75, 3.05) is 40.4 Å². The fraction of sp³-hybridized carbons (Fsp3) is 0.875. The number of fused-ring (bicyclic) bond motifs is 2. The summed E-state index contributed by atoms with van der Waals surface area (Å²) >= 11 is 3.11. The number of aliphatic hydroxyl groups is 3. The number of carbonyl (C=O) groups is 1. The van der Waals surface area contributed by atoms with E-state index in [4.69, 9.17) is 24.3 Å². The first-order chi connectivity index (χ1) is 17.5.